The number of para-hydroxylation sites is 1. The largest absolute Gasteiger partial charge is 0.361 e. The van der Waals surface area contributed by atoms with Gasteiger partial charge in [0.15, 0.2) is 0 Å². The standard InChI is InChI=1S/C13H19N3/c1-10(8-14-2)16-9-12-5-3-4-11-6-7-15-13(11)12/h3-7,10,14-16H,8-9H2,1-2H3. The van der Waals surface area contributed by atoms with Gasteiger partial charge < -0.3 is 15.6 Å². The summed E-state index contributed by atoms with van der Waals surface area (Å²) in [6.07, 6.45) is 1.99. The molecule has 16 heavy (non-hydrogen) atoms. The van der Waals surface area contributed by atoms with E-state index in [-0.39, 0.29) is 0 Å². The van der Waals surface area contributed by atoms with Crippen molar-refractivity contribution in [2.24, 2.45) is 0 Å². The molecule has 0 aliphatic carbocycles. The van der Waals surface area contributed by atoms with Gasteiger partial charge in [-0.2, -0.15) is 0 Å². The van der Waals surface area contributed by atoms with Crippen LogP contribution in [0, 0.1) is 0 Å². The number of rotatable bonds is 5. The van der Waals surface area contributed by atoms with Crippen LogP contribution in [0.4, 0.5) is 0 Å². The zero-order valence-corrected chi connectivity index (χ0v) is 9.88. The fourth-order valence-corrected chi connectivity index (χ4v) is 1.96. The van der Waals surface area contributed by atoms with Gasteiger partial charge in [-0.3, -0.25) is 0 Å². The Morgan fingerprint density at radius 2 is 2.19 bits per heavy atom. The van der Waals surface area contributed by atoms with Gasteiger partial charge in [0.05, 0.1) is 0 Å². The zero-order valence-electron chi connectivity index (χ0n) is 9.88. The van der Waals surface area contributed by atoms with Gasteiger partial charge in [-0.1, -0.05) is 18.2 Å². The molecule has 1 aromatic carbocycles. The molecule has 1 heterocycles. The average molecular weight is 217 g/mol. The van der Waals surface area contributed by atoms with Gasteiger partial charge in [-0.15, -0.1) is 0 Å². The molecule has 1 aromatic heterocycles. The van der Waals surface area contributed by atoms with Gasteiger partial charge >= 0.3 is 0 Å². The Bertz CT molecular complexity index is 447. The Hall–Kier alpha value is -1.32. The lowest BCUT2D eigenvalue weighted by Crippen LogP contribution is -2.34. The molecule has 0 spiro atoms. The molecule has 0 radical (unpaired) electrons. The van der Waals surface area contributed by atoms with E-state index in [0.717, 1.165) is 13.1 Å². The quantitative estimate of drug-likeness (QED) is 0.715. The number of H-pyrrole nitrogens is 1. The molecular formula is C13H19N3. The first kappa shape index (κ1) is 11.2. The number of aromatic nitrogens is 1. The predicted octanol–water partition coefficient (Wildman–Crippen LogP) is 1.87. The van der Waals surface area contributed by atoms with Crippen molar-refractivity contribution in [3.05, 3.63) is 36.0 Å². The van der Waals surface area contributed by atoms with E-state index in [0.29, 0.717) is 6.04 Å². The highest BCUT2D eigenvalue weighted by Gasteiger charge is 2.03. The van der Waals surface area contributed by atoms with Gasteiger partial charge in [-0.05, 0) is 31.0 Å². The number of hydrogen-bond acceptors (Lipinski definition) is 2. The number of nitrogens with one attached hydrogen (secondary N) is 3. The first-order chi connectivity index (χ1) is 7.81. The Balaban J connectivity index is 2.06. The fraction of sp³-hybridized carbons (Fsp3) is 0.385. The van der Waals surface area contributed by atoms with Crippen LogP contribution in [0.2, 0.25) is 0 Å². The molecule has 0 aliphatic heterocycles. The molecule has 0 amide bonds. The highest BCUT2D eigenvalue weighted by molar-refractivity contribution is 5.82. The molecule has 0 saturated carbocycles. The predicted molar refractivity (Wildman–Crippen MR) is 68.5 cm³/mol. The maximum atomic E-state index is 3.50. The van der Waals surface area contributed by atoms with Crippen molar-refractivity contribution in [2.45, 2.75) is 19.5 Å². The van der Waals surface area contributed by atoms with Gasteiger partial charge in [-0.25, -0.2) is 0 Å². The van der Waals surface area contributed by atoms with Crippen molar-refractivity contribution in [1.82, 2.24) is 15.6 Å². The van der Waals surface area contributed by atoms with Crippen LogP contribution in [0.15, 0.2) is 30.5 Å². The van der Waals surface area contributed by atoms with E-state index in [1.165, 1.54) is 16.5 Å². The van der Waals surface area contributed by atoms with Crippen LogP contribution >= 0.6 is 0 Å². The van der Waals surface area contributed by atoms with Crippen LogP contribution in [0.25, 0.3) is 10.9 Å². The SMILES string of the molecule is CNCC(C)NCc1cccc2cc[nH]c12. The van der Waals surface area contributed by atoms with Crippen molar-refractivity contribution in [3.63, 3.8) is 0 Å². The fourth-order valence-electron chi connectivity index (χ4n) is 1.96. The number of benzene rings is 1. The Kier molecular flexibility index (Phi) is 3.59. The third-order valence-electron chi connectivity index (χ3n) is 2.82. The highest BCUT2D eigenvalue weighted by Crippen LogP contribution is 2.16. The van der Waals surface area contributed by atoms with E-state index in [2.05, 4.69) is 46.8 Å². The molecule has 0 aliphatic rings. The molecule has 0 fully saturated rings. The molecule has 3 N–H and O–H groups in total. The van der Waals surface area contributed by atoms with Crippen LogP contribution in [0.5, 0.6) is 0 Å². The summed E-state index contributed by atoms with van der Waals surface area (Å²) >= 11 is 0. The smallest absolute Gasteiger partial charge is 0.0499 e. The minimum atomic E-state index is 0.482. The van der Waals surface area contributed by atoms with Gasteiger partial charge in [0.2, 0.25) is 0 Å². The molecule has 0 saturated heterocycles. The second-order valence-corrected chi connectivity index (χ2v) is 4.20. The van der Waals surface area contributed by atoms with Crippen LogP contribution < -0.4 is 10.6 Å². The summed E-state index contributed by atoms with van der Waals surface area (Å²) in [7, 11) is 1.98. The number of likely N-dealkylation sites (N-methyl/N-ethyl adjacent to an activating group) is 1. The summed E-state index contributed by atoms with van der Waals surface area (Å²) in [4.78, 5) is 3.29. The second-order valence-electron chi connectivity index (χ2n) is 4.20. The van der Waals surface area contributed by atoms with E-state index in [4.69, 9.17) is 0 Å². The molecule has 1 unspecified atom stereocenters. The first-order valence-electron chi connectivity index (χ1n) is 5.74. The van der Waals surface area contributed by atoms with Gasteiger partial charge in [0.1, 0.15) is 0 Å². The molecule has 3 heteroatoms. The Labute approximate surface area is 96.2 Å². The van der Waals surface area contributed by atoms with E-state index in [1.807, 2.05) is 13.2 Å². The van der Waals surface area contributed by atoms with Crippen LogP contribution in [-0.4, -0.2) is 24.6 Å². The lowest BCUT2D eigenvalue weighted by molar-refractivity contribution is 0.524. The van der Waals surface area contributed by atoms with Crippen molar-refractivity contribution in [3.8, 4) is 0 Å². The summed E-state index contributed by atoms with van der Waals surface area (Å²) in [5.74, 6) is 0. The molecule has 86 valence electrons. The monoisotopic (exact) mass is 217 g/mol. The highest BCUT2D eigenvalue weighted by atomic mass is 15.0. The van der Waals surface area contributed by atoms with E-state index < -0.39 is 0 Å². The lowest BCUT2D eigenvalue weighted by Gasteiger charge is -2.13. The average Bonchev–Trinajstić information content (AvgIpc) is 2.75. The summed E-state index contributed by atoms with van der Waals surface area (Å²) in [6, 6.07) is 8.99. The van der Waals surface area contributed by atoms with Crippen LogP contribution in [-0.2, 0) is 6.54 Å². The lowest BCUT2D eigenvalue weighted by atomic mass is 10.1. The minimum absolute atomic E-state index is 0.482. The first-order valence-corrected chi connectivity index (χ1v) is 5.74. The summed E-state index contributed by atoms with van der Waals surface area (Å²) in [5.41, 5.74) is 2.57. The van der Waals surface area contributed by atoms with Crippen LogP contribution in [0.1, 0.15) is 12.5 Å². The van der Waals surface area contributed by atoms with Crippen molar-refractivity contribution < 1.29 is 0 Å². The third kappa shape index (κ3) is 2.43. The Morgan fingerprint density at radius 3 is 3.00 bits per heavy atom. The molecular weight excluding hydrogens is 198 g/mol. The van der Waals surface area contributed by atoms with Crippen molar-refractivity contribution in [2.75, 3.05) is 13.6 Å². The molecule has 1 atom stereocenters. The zero-order chi connectivity index (χ0) is 11.4. The summed E-state index contributed by atoms with van der Waals surface area (Å²) in [6.45, 7) is 4.08. The maximum Gasteiger partial charge on any atom is 0.0499 e. The second kappa shape index (κ2) is 5.14. The molecule has 2 rings (SSSR count). The number of hydrogen-bond donors (Lipinski definition) is 3. The van der Waals surface area contributed by atoms with E-state index in [1.54, 1.807) is 0 Å². The van der Waals surface area contributed by atoms with Gasteiger partial charge in [0, 0.05) is 30.8 Å². The third-order valence-corrected chi connectivity index (χ3v) is 2.82. The summed E-state index contributed by atoms with van der Waals surface area (Å²) < 4.78 is 0. The van der Waals surface area contributed by atoms with E-state index >= 15 is 0 Å². The summed E-state index contributed by atoms with van der Waals surface area (Å²) in [5, 5.41) is 7.94. The minimum Gasteiger partial charge on any atom is -0.361 e. The van der Waals surface area contributed by atoms with E-state index in [9.17, 15) is 0 Å². The van der Waals surface area contributed by atoms with Crippen molar-refractivity contribution >= 4 is 10.9 Å². The van der Waals surface area contributed by atoms with Crippen molar-refractivity contribution in [1.29, 1.82) is 0 Å². The molecule has 3 nitrogen and oxygen atoms in total. The maximum absolute atomic E-state index is 3.50. The van der Waals surface area contributed by atoms with Gasteiger partial charge in [0.25, 0.3) is 0 Å². The normalized spacial score (nSPS) is 13.1. The number of fused-ring (bicyclic) bond motifs is 1. The molecule has 0 bridgehead atoms. The topological polar surface area (TPSA) is 39.8 Å². The van der Waals surface area contributed by atoms with Crippen LogP contribution in [0.3, 0.4) is 0 Å². The number of aromatic amines is 1. The Morgan fingerprint density at radius 1 is 1.31 bits per heavy atom. The molecule has 2 aromatic rings.